The Labute approximate surface area is 152 Å². The summed E-state index contributed by atoms with van der Waals surface area (Å²) in [4.78, 5) is 6.99. The second-order valence-corrected chi connectivity index (χ2v) is 5.96. The smallest absolute Gasteiger partial charge is 0.121 e. The van der Waals surface area contributed by atoms with Crippen LogP contribution in [-0.2, 0) is 0 Å². The minimum atomic E-state index is 0. The highest BCUT2D eigenvalue weighted by molar-refractivity contribution is 5.91. The van der Waals surface area contributed by atoms with Gasteiger partial charge < -0.3 is 15.0 Å². The van der Waals surface area contributed by atoms with E-state index in [-0.39, 0.29) is 12.4 Å². The van der Waals surface area contributed by atoms with E-state index in [1.54, 1.807) is 7.11 Å². The summed E-state index contributed by atoms with van der Waals surface area (Å²) in [5, 5.41) is 4.71. The van der Waals surface area contributed by atoms with Crippen molar-refractivity contribution < 1.29 is 4.74 Å². The maximum atomic E-state index is 5.41. The number of halogens is 1. The molecule has 0 saturated heterocycles. The Balaban J connectivity index is 0.00000288. The Morgan fingerprint density at radius 3 is 2.67 bits per heavy atom. The van der Waals surface area contributed by atoms with Gasteiger partial charge in [0.25, 0.3) is 0 Å². The molecule has 1 aromatic carbocycles. The van der Waals surface area contributed by atoms with E-state index in [2.05, 4.69) is 42.0 Å². The fraction of sp³-hybridized carbons (Fsp3) is 0.526. The van der Waals surface area contributed by atoms with Crippen LogP contribution in [0.5, 0.6) is 5.75 Å². The number of rotatable bonds is 9. The van der Waals surface area contributed by atoms with Crippen molar-refractivity contribution >= 4 is 29.0 Å². The number of fused-ring (bicyclic) bond motifs is 1. The SMILES string of the molecule is CCN(CC)CCCC(C)Nc1cc(OC)cc2cccnc12.Cl. The fourth-order valence-electron chi connectivity index (χ4n) is 2.89. The van der Waals surface area contributed by atoms with Crippen molar-refractivity contribution in [1.82, 2.24) is 9.88 Å². The Hall–Kier alpha value is -1.52. The first-order valence-electron chi connectivity index (χ1n) is 8.59. The molecule has 24 heavy (non-hydrogen) atoms. The monoisotopic (exact) mass is 351 g/mol. The number of benzene rings is 1. The maximum Gasteiger partial charge on any atom is 0.121 e. The second kappa shape index (κ2) is 10.4. The maximum absolute atomic E-state index is 5.41. The molecule has 0 fully saturated rings. The van der Waals surface area contributed by atoms with Crippen LogP contribution in [0.15, 0.2) is 30.5 Å². The molecule has 0 bridgehead atoms. The number of methoxy groups -OCH3 is 1. The number of aromatic nitrogens is 1. The van der Waals surface area contributed by atoms with Gasteiger partial charge in [0.05, 0.1) is 18.3 Å². The van der Waals surface area contributed by atoms with Gasteiger partial charge in [-0.2, -0.15) is 0 Å². The average molecular weight is 352 g/mol. The molecule has 5 heteroatoms. The van der Waals surface area contributed by atoms with Crippen LogP contribution in [0.2, 0.25) is 0 Å². The molecule has 2 rings (SSSR count). The van der Waals surface area contributed by atoms with E-state index < -0.39 is 0 Å². The predicted molar refractivity (Wildman–Crippen MR) is 106 cm³/mol. The summed E-state index contributed by atoms with van der Waals surface area (Å²) >= 11 is 0. The highest BCUT2D eigenvalue weighted by atomic mass is 35.5. The van der Waals surface area contributed by atoms with Gasteiger partial charge in [-0.05, 0) is 51.5 Å². The molecule has 0 spiro atoms. The minimum Gasteiger partial charge on any atom is -0.497 e. The van der Waals surface area contributed by atoms with Gasteiger partial charge in [0.2, 0.25) is 0 Å². The van der Waals surface area contributed by atoms with Crippen LogP contribution in [0.3, 0.4) is 0 Å². The lowest BCUT2D eigenvalue weighted by Gasteiger charge is -2.21. The first-order chi connectivity index (χ1) is 11.2. The number of hydrogen-bond acceptors (Lipinski definition) is 4. The summed E-state index contributed by atoms with van der Waals surface area (Å²) in [5.41, 5.74) is 2.05. The summed E-state index contributed by atoms with van der Waals surface area (Å²) in [6.45, 7) is 10.1. The number of ether oxygens (including phenoxy) is 1. The number of hydrogen-bond donors (Lipinski definition) is 1. The van der Waals surface area contributed by atoms with Gasteiger partial charge in [-0.1, -0.05) is 19.9 Å². The number of pyridine rings is 1. The molecular formula is C19H30ClN3O. The molecule has 1 N–H and O–H groups in total. The van der Waals surface area contributed by atoms with E-state index in [9.17, 15) is 0 Å². The molecule has 1 heterocycles. The van der Waals surface area contributed by atoms with Gasteiger partial charge in [-0.25, -0.2) is 0 Å². The molecule has 4 nitrogen and oxygen atoms in total. The van der Waals surface area contributed by atoms with Gasteiger partial charge >= 0.3 is 0 Å². The van der Waals surface area contributed by atoms with Crippen molar-refractivity contribution in [3.05, 3.63) is 30.5 Å². The Kier molecular flexibility index (Phi) is 8.87. The van der Waals surface area contributed by atoms with Crippen LogP contribution in [0.1, 0.15) is 33.6 Å². The third-order valence-corrected chi connectivity index (χ3v) is 4.32. The first kappa shape index (κ1) is 20.5. The van der Waals surface area contributed by atoms with Gasteiger partial charge in [-0.15, -0.1) is 12.4 Å². The normalized spacial score (nSPS) is 12.0. The number of nitrogens with one attached hydrogen (secondary N) is 1. The molecule has 0 aliphatic rings. The van der Waals surface area contributed by atoms with Crippen LogP contribution < -0.4 is 10.1 Å². The predicted octanol–water partition coefficient (Wildman–Crippen LogP) is 4.59. The fourth-order valence-corrected chi connectivity index (χ4v) is 2.89. The van der Waals surface area contributed by atoms with E-state index in [0.717, 1.165) is 48.4 Å². The second-order valence-electron chi connectivity index (χ2n) is 5.96. The zero-order valence-corrected chi connectivity index (χ0v) is 16.0. The highest BCUT2D eigenvalue weighted by Gasteiger charge is 2.09. The van der Waals surface area contributed by atoms with Crippen molar-refractivity contribution in [1.29, 1.82) is 0 Å². The standard InChI is InChI=1S/C19H29N3O.ClH/c1-5-22(6-2)12-8-9-15(3)21-18-14-17(23-4)13-16-10-7-11-20-19(16)18;/h7,10-11,13-15,21H,5-6,8-9,12H2,1-4H3;1H. The molecule has 134 valence electrons. The van der Waals surface area contributed by atoms with Gasteiger partial charge in [0.1, 0.15) is 5.75 Å². The Morgan fingerprint density at radius 1 is 1.25 bits per heavy atom. The molecule has 1 aromatic heterocycles. The topological polar surface area (TPSA) is 37.4 Å². The number of nitrogens with zero attached hydrogens (tertiary/aromatic N) is 2. The van der Waals surface area contributed by atoms with Crippen LogP contribution in [0.25, 0.3) is 10.9 Å². The molecule has 0 amide bonds. The summed E-state index contributed by atoms with van der Waals surface area (Å²) in [5.74, 6) is 0.864. The summed E-state index contributed by atoms with van der Waals surface area (Å²) in [7, 11) is 1.70. The summed E-state index contributed by atoms with van der Waals surface area (Å²) in [6.07, 6.45) is 4.18. The Bertz CT molecular complexity index is 617. The largest absolute Gasteiger partial charge is 0.497 e. The third-order valence-electron chi connectivity index (χ3n) is 4.32. The van der Waals surface area contributed by atoms with Crippen LogP contribution >= 0.6 is 12.4 Å². The zero-order valence-electron chi connectivity index (χ0n) is 15.2. The average Bonchev–Trinajstić information content (AvgIpc) is 2.58. The molecule has 0 aliphatic heterocycles. The van der Waals surface area contributed by atoms with E-state index in [4.69, 9.17) is 4.74 Å². The van der Waals surface area contributed by atoms with Crippen molar-refractivity contribution in [3.8, 4) is 5.75 Å². The minimum absolute atomic E-state index is 0. The quantitative estimate of drug-likeness (QED) is 0.717. The molecule has 0 radical (unpaired) electrons. The van der Waals surface area contributed by atoms with E-state index >= 15 is 0 Å². The third kappa shape index (κ3) is 5.53. The van der Waals surface area contributed by atoms with Gasteiger partial charge in [0.15, 0.2) is 0 Å². The Morgan fingerprint density at radius 2 is 2.00 bits per heavy atom. The van der Waals surface area contributed by atoms with Crippen LogP contribution in [0.4, 0.5) is 5.69 Å². The lowest BCUT2D eigenvalue weighted by Crippen LogP contribution is -2.25. The van der Waals surface area contributed by atoms with E-state index in [1.165, 1.54) is 6.42 Å². The molecule has 1 unspecified atom stereocenters. The lowest BCUT2D eigenvalue weighted by molar-refractivity contribution is 0.295. The van der Waals surface area contributed by atoms with Crippen molar-refractivity contribution in [2.24, 2.45) is 0 Å². The van der Waals surface area contributed by atoms with Gasteiger partial charge in [-0.3, -0.25) is 4.98 Å². The lowest BCUT2D eigenvalue weighted by atomic mass is 10.1. The summed E-state index contributed by atoms with van der Waals surface area (Å²) in [6, 6.07) is 8.50. The van der Waals surface area contributed by atoms with Gasteiger partial charge in [0, 0.05) is 23.7 Å². The van der Waals surface area contributed by atoms with Crippen LogP contribution in [-0.4, -0.2) is 42.7 Å². The molecular weight excluding hydrogens is 322 g/mol. The van der Waals surface area contributed by atoms with E-state index in [1.807, 2.05) is 24.4 Å². The van der Waals surface area contributed by atoms with Crippen molar-refractivity contribution in [2.45, 2.75) is 39.7 Å². The zero-order chi connectivity index (χ0) is 16.7. The van der Waals surface area contributed by atoms with Crippen LogP contribution in [0, 0.1) is 0 Å². The molecule has 1 atom stereocenters. The number of anilines is 1. The first-order valence-corrected chi connectivity index (χ1v) is 8.59. The van der Waals surface area contributed by atoms with Crippen molar-refractivity contribution in [2.75, 3.05) is 32.1 Å². The highest BCUT2D eigenvalue weighted by Crippen LogP contribution is 2.28. The molecule has 0 saturated carbocycles. The van der Waals surface area contributed by atoms with E-state index in [0.29, 0.717) is 6.04 Å². The van der Waals surface area contributed by atoms with Crippen molar-refractivity contribution in [3.63, 3.8) is 0 Å². The molecule has 0 aliphatic carbocycles. The molecule has 2 aromatic rings. The summed E-state index contributed by atoms with van der Waals surface area (Å²) < 4.78 is 5.41.